The highest BCUT2D eigenvalue weighted by atomic mass is 35.5. The zero-order valence-corrected chi connectivity index (χ0v) is 14.0. The van der Waals surface area contributed by atoms with Gasteiger partial charge in [0.1, 0.15) is 5.75 Å². The lowest BCUT2D eigenvalue weighted by molar-refractivity contribution is 0.0938. The van der Waals surface area contributed by atoms with Crippen molar-refractivity contribution in [3.05, 3.63) is 64.3 Å². The number of hydrogen-bond donors (Lipinski definition) is 2. The quantitative estimate of drug-likeness (QED) is 0.763. The number of aromatic nitrogens is 1. The SMILES string of the molecule is COc1ccc2[nH]c3c(c2c1)CC(NC(=O)c1ccccc1Cl)C3. The summed E-state index contributed by atoms with van der Waals surface area (Å²) in [4.78, 5) is 15.9. The fraction of sp³-hybridized carbons (Fsp3) is 0.211. The van der Waals surface area contributed by atoms with E-state index in [0.717, 1.165) is 24.1 Å². The number of carbonyl (C=O) groups is 1. The van der Waals surface area contributed by atoms with Gasteiger partial charge in [0.25, 0.3) is 5.91 Å². The number of rotatable bonds is 3. The summed E-state index contributed by atoms with van der Waals surface area (Å²) in [5, 5.41) is 4.73. The Morgan fingerprint density at radius 1 is 1.25 bits per heavy atom. The molecule has 1 aliphatic carbocycles. The van der Waals surface area contributed by atoms with E-state index in [9.17, 15) is 4.79 Å². The third-order valence-electron chi connectivity index (χ3n) is 4.56. The van der Waals surface area contributed by atoms with Crippen molar-refractivity contribution in [3.63, 3.8) is 0 Å². The summed E-state index contributed by atoms with van der Waals surface area (Å²) in [6.45, 7) is 0. The molecule has 1 aliphatic rings. The van der Waals surface area contributed by atoms with Gasteiger partial charge in [0.2, 0.25) is 0 Å². The molecule has 2 N–H and O–H groups in total. The van der Waals surface area contributed by atoms with Crippen molar-refractivity contribution < 1.29 is 9.53 Å². The van der Waals surface area contributed by atoms with Crippen LogP contribution in [-0.4, -0.2) is 24.0 Å². The third kappa shape index (κ3) is 2.53. The maximum Gasteiger partial charge on any atom is 0.253 e. The number of halogens is 1. The topological polar surface area (TPSA) is 54.1 Å². The molecule has 0 saturated heterocycles. The third-order valence-corrected chi connectivity index (χ3v) is 4.89. The van der Waals surface area contributed by atoms with Gasteiger partial charge in [-0.25, -0.2) is 0 Å². The molecule has 1 heterocycles. The number of nitrogens with one attached hydrogen (secondary N) is 2. The van der Waals surface area contributed by atoms with E-state index in [1.807, 2.05) is 30.3 Å². The minimum absolute atomic E-state index is 0.0747. The Labute approximate surface area is 144 Å². The van der Waals surface area contributed by atoms with Crippen molar-refractivity contribution in [1.82, 2.24) is 10.3 Å². The zero-order valence-electron chi connectivity index (χ0n) is 13.2. The van der Waals surface area contributed by atoms with Gasteiger partial charge in [-0.15, -0.1) is 0 Å². The minimum atomic E-state index is -0.127. The Morgan fingerprint density at radius 3 is 2.88 bits per heavy atom. The van der Waals surface area contributed by atoms with Gasteiger partial charge in [-0.1, -0.05) is 23.7 Å². The van der Waals surface area contributed by atoms with Crippen molar-refractivity contribution in [3.8, 4) is 5.75 Å². The van der Waals surface area contributed by atoms with Crippen LogP contribution in [0.15, 0.2) is 42.5 Å². The molecule has 4 nitrogen and oxygen atoms in total. The van der Waals surface area contributed by atoms with Crippen LogP contribution in [0.2, 0.25) is 5.02 Å². The van der Waals surface area contributed by atoms with Gasteiger partial charge in [-0.05, 0) is 42.3 Å². The highest BCUT2D eigenvalue weighted by Crippen LogP contribution is 2.32. The van der Waals surface area contributed by atoms with Crippen molar-refractivity contribution in [1.29, 1.82) is 0 Å². The Morgan fingerprint density at radius 2 is 2.08 bits per heavy atom. The van der Waals surface area contributed by atoms with Crippen LogP contribution in [0.25, 0.3) is 10.9 Å². The van der Waals surface area contributed by atoms with Crippen molar-refractivity contribution in [2.24, 2.45) is 0 Å². The van der Waals surface area contributed by atoms with Crippen LogP contribution >= 0.6 is 11.6 Å². The maximum atomic E-state index is 12.4. The van der Waals surface area contributed by atoms with Crippen LogP contribution in [0.5, 0.6) is 5.75 Å². The van der Waals surface area contributed by atoms with Crippen LogP contribution in [0.4, 0.5) is 0 Å². The standard InChI is InChI=1S/C19H17ClN2O2/c1-24-12-6-7-17-15(10-12)14-8-11(9-18(14)22-17)21-19(23)13-4-2-3-5-16(13)20/h2-7,10-11,22H,8-9H2,1H3,(H,21,23). The highest BCUT2D eigenvalue weighted by Gasteiger charge is 2.27. The molecule has 2 aromatic carbocycles. The number of hydrogen-bond acceptors (Lipinski definition) is 2. The van der Waals surface area contributed by atoms with Gasteiger partial charge < -0.3 is 15.0 Å². The first kappa shape index (κ1) is 15.1. The summed E-state index contributed by atoms with van der Waals surface area (Å²) in [6, 6.07) is 13.2. The Kier molecular flexibility index (Phi) is 3.69. The smallest absolute Gasteiger partial charge is 0.253 e. The number of ether oxygens (including phenoxy) is 1. The average Bonchev–Trinajstić information content (AvgIpc) is 3.11. The van der Waals surface area contributed by atoms with E-state index in [0.29, 0.717) is 10.6 Å². The van der Waals surface area contributed by atoms with Gasteiger partial charge in [0.15, 0.2) is 0 Å². The molecule has 1 atom stereocenters. The molecule has 1 unspecified atom stereocenters. The predicted molar refractivity (Wildman–Crippen MR) is 95.0 cm³/mol. The summed E-state index contributed by atoms with van der Waals surface area (Å²) >= 11 is 6.10. The van der Waals surface area contributed by atoms with Crippen LogP contribution in [-0.2, 0) is 12.8 Å². The lowest BCUT2D eigenvalue weighted by atomic mass is 10.1. The molecule has 0 aliphatic heterocycles. The molecule has 0 saturated carbocycles. The lowest BCUT2D eigenvalue weighted by Crippen LogP contribution is -2.35. The van der Waals surface area contributed by atoms with E-state index >= 15 is 0 Å². The van der Waals surface area contributed by atoms with E-state index in [1.165, 1.54) is 16.6 Å². The fourth-order valence-corrected chi connectivity index (χ4v) is 3.61. The molecule has 4 rings (SSSR count). The molecule has 5 heteroatoms. The summed E-state index contributed by atoms with van der Waals surface area (Å²) in [7, 11) is 1.67. The second kappa shape index (κ2) is 5.87. The van der Waals surface area contributed by atoms with Gasteiger partial charge in [-0.3, -0.25) is 4.79 Å². The monoisotopic (exact) mass is 340 g/mol. The Bertz CT molecular complexity index is 932. The number of benzene rings is 2. The number of aromatic amines is 1. The summed E-state index contributed by atoms with van der Waals surface area (Å²) in [6.07, 6.45) is 1.60. The highest BCUT2D eigenvalue weighted by molar-refractivity contribution is 6.33. The first-order valence-electron chi connectivity index (χ1n) is 7.88. The molecular weight excluding hydrogens is 324 g/mol. The normalized spacial score (nSPS) is 16.2. The van der Waals surface area contributed by atoms with Gasteiger partial charge in [0.05, 0.1) is 17.7 Å². The Hall–Kier alpha value is -2.46. The van der Waals surface area contributed by atoms with Gasteiger partial charge in [0, 0.05) is 29.1 Å². The predicted octanol–water partition coefficient (Wildman–Crippen LogP) is 3.73. The van der Waals surface area contributed by atoms with Crippen LogP contribution in [0, 0.1) is 0 Å². The van der Waals surface area contributed by atoms with E-state index in [2.05, 4.69) is 10.3 Å². The van der Waals surface area contributed by atoms with E-state index in [-0.39, 0.29) is 11.9 Å². The molecular formula is C19H17ClN2O2. The first-order chi connectivity index (χ1) is 11.7. The second-order valence-corrected chi connectivity index (χ2v) is 6.46. The molecule has 3 aromatic rings. The van der Waals surface area contributed by atoms with Crippen LogP contribution in [0.1, 0.15) is 21.6 Å². The molecule has 0 spiro atoms. The number of H-pyrrole nitrogens is 1. The van der Waals surface area contributed by atoms with Gasteiger partial charge in [-0.2, -0.15) is 0 Å². The summed E-state index contributed by atoms with van der Waals surface area (Å²) < 4.78 is 5.32. The summed E-state index contributed by atoms with van der Waals surface area (Å²) in [5.74, 6) is 0.713. The van der Waals surface area contributed by atoms with E-state index in [1.54, 1.807) is 19.2 Å². The zero-order chi connectivity index (χ0) is 16.7. The fourth-order valence-electron chi connectivity index (χ4n) is 3.39. The lowest BCUT2D eigenvalue weighted by Gasteiger charge is -2.13. The number of methoxy groups -OCH3 is 1. The van der Waals surface area contributed by atoms with E-state index < -0.39 is 0 Å². The number of amides is 1. The Balaban J connectivity index is 1.55. The minimum Gasteiger partial charge on any atom is -0.497 e. The average molecular weight is 341 g/mol. The first-order valence-corrected chi connectivity index (χ1v) is 8.26. The van der Waals surface area contributed by atoms with Crippen molar-refractivity contribution >= 4 is 28.4 Å². The summed E-state index contributed by atoms with van der Waals surface area (Å²) in [5.41, 5.74) is 4.06. The molecule has 1 aromatic heterocycles. The van der Waals surface area contributed by atoms with Crippen molar-refractivity contribution in [2.75, 3.05) is 7.11 Å². The molecule has 0 bridgehead atoms. The second-order valence-electron chi connectivity index (χ2n) is 6.05. The number of fused-ring (bicyclic) bond motifs is 3. The molecule has 122 valence electrons. The van der Waals surface area contributed by atoms with Crippen LogP contribution in [0.3, 0.4) is 0 Å². The molecule has 24 heavy (non-hydrogen) atoms. The van der Waals surface area contributed by atoms with Gasteiger partial charge >= 0.3 is 0 Å². The van der Waals surface area contributed by atoms with Crippen molar-refractivity contribution in [2.45, 2.75) is 18.9 Å². The van der Waals surface area contributed by atoms with E-state index in [4.69, 9.17) is 16.3 Å². The van der Waals surface area contributed by atoms with Crippen LogP contribution < -0.4 is 10.1 Å². The largest absolute Gasteiger partial charge is 0.497 e. The maximum absolute atomic E-state index is 12.4. The molecule has 0 radical (unpaired) electrons. The number of carbonyl (C=O) groups excluding carboxylic acids is 1. The molecule has 0 fully saturated rings. The molecule has 1 amide bonds.